The van der Waals surface area contributed by atoms with Crippen molar-refractivity contribution in [2.24, 2.45) is 5.92 Å². The Labute approximate surface area is 251 Å². The zero-order chi connectivity index (χ0) is 30.4. The van der Waals surface area contributed by atoms with Gasteiger partial charge in [0.15, 0.2) is 0 Å². The summed E-state index contributed by atoms with van der Waals surface area (Å²) in [7, 11) is 0. The van der Waals surface area contributed by atoms with E-state index in [-0.39, 0.29) is 76.7 Å². The van der Waals surface area contributed by atoms with Crippen molar-refractivity contribution in [3.05, 3.63) is 71.8 Å². The predicted molar refractivity (Wildman–Crippen MR) is 158 cm³/mol. The quantitative estimate of drug-likeness (QED) is 0.186. The van der Waals surface area contributed by atoms with Crippen LogP contribution in [0.1, 0.15) is 42.7 Å². The van der Waals surface area contributed by atoms with Gasteiger partial charge in [-0.25, -0.2) is 9.59 Å². The second-order valence-electron chi connectivity index (χ2n) is 10.4. The molecule has 0 spiro atoms. The van der Waals surface area contributed by atoms with E-state index in [1.807, 2.05) is 42.5 Å². The number of hydrogen-bond donors (Lipinski definition) is 4. The number of nitrogens with one attached hydrogen (secondary N) is 3. The zero-order valence-corrected chi connectivity index (χ0v) is 24.1. The summed E-state index contributed by atoms with van der Waals surface area (Å²) in [6.07, 6.45) is 3.94. The van der Waals surface area contributed by atoms with Crippen LogP contribution in [-0.4, -0.2) is 81.1 Å². The Morgan fingerprint density at radius 3 is 2.44 bits per heavy atom. The van der Waals surface area contributed by atoms with Gasteiger partial charge in [0.1, 0.15) is 19.3 Å². The molecular formula is C32H39N3O8. The molecule has 0 bridgehead atoms. The third kappa shape index (κ3) is 9.13. The van der Waals surface area contributed by atoms with Gasteiger partial charge in [-0.05, 0) is 41.5 Å². The van der Waals surface area contributed by atoms with Crippen LogP contribution in [0.3, 0.4) is 0 Å². The molecule has 1 heterocycles. The molecule has 0 fully saturated rings. The highest BCUT2D eigenvalue weighted by molar-refractivity contribution is 5.86. The largest absolute Gasteiger partial charge is 0.462 e. The molecule has 0 saturated carbocycles. The fraction of sp³-hybridized carbons (Fsp3) is 0.438. The number of cyclic esters (lactones) is 1. The number of alkyl carbamates (subject to hydrolysis) is 1. The minimum absolute atomic E-state index is 0.0120. The molecule has 11 heteroatoms. The first-order chi connectivity index (χ1) is 21.0. The highest BCUT2D eigenvalue weighted by Crippen LogP contribution is 2.44. The van der Waals surface area contributed by atoms with Crippen LogP contribution in [0.15, 0.2) is 60.7 Å². The van der Waals surface area contributed by atoms with Crippen LogP contribution >= 0.6 is 0 Å². The predicted octanol–water partition coefficient (Wildman–Crippen LogP) is 2.42. The number of carbonyl (C=O) groups is 4. The summed E-state index contributed by atoms with van der Waals surface area (Å²) in [6.45, 7) is 0.748. The van der Waals surface area contributed by atoms with Gasteiger partial charge in [0.2, 0.25) is 11.8 Å². The number of rotatable bonds is 10. The van der Waals surface area contributed by atoms with Crippen LogP contribution in [0.2, 0.25) is 0 Å². The zero-order valence-electron chi connectivity index (χ0n) is 24.1. The highest BCUT2D eigenvalue weighted by Gasteiger charge is 2.30. The number of allylic oxidation sites excluding steroid dienone is 2. The van der Waals surface area contributed by atoms with E-state index < -0.39 is 24.0 Å². The number of carbonyl (C=O) groups excluding carboxylic acids is 4. The topological polar surface area (TPSA) is 152 Å². The van der Waals surface area contributed by atoms with Gasteiger partial charge >= 0.3 is 12.1 Å². The molecule has 3 amide bonds. The summed E-state index contributed by atoms with van der Waals surface area (Å²) >= 11 is 0. The number of aliphatic hydroxyl groups excluding tert-OH is 1. The molecule has 0 radical (unpaired) electrons. The SMILES string of the molecule is O=C(CC1CC=CCCC(NC(=O)OCC2c3ccccc3-c3ccccc32)C(=O)OCCNC1=O)NCCOCCO. The molecule has 4 rings (SSSR count). The lowest BCUT2D eigenvalue weighted by Gasteiger charge is -2.19. The lowest BCUT2D eigenvalue weighted by molar-refractivity contribution is -0.146. The van der Waals surface area contributed by atoms with E-state index in [1.165, 1.54) is 0 Å². The summed E-state index contributed by atoms with van der Waals surface area (Å²) in [5, 5.41) is 16.8. The molecule has 0 saturated heterocycles. The lowest BCUT2D eigenvalue weighted by atomic mass is 9.98. The van der Waals surface area contributed by atoms with Crippen LogP contribution in [-0.2, 0) is 28.6 Å². The third-order valence-corrected chi connectivity index (χ3v) is 7.38. The van der Waals surface area contributed by atoms with Crippen molar-refractivity contribution in [2.75, 3.05) is 46.1 Å². The van der Waals surface area contributed by atoms with Crippen molar-refractivity contribution in [3.8, 4) is 11.1 Å². The van der Waals surface area contributed by atoms with Gasteiger partial charge in [0.25, 0.3) is 0 Å². The molecule has 0 aromatic heterocycles. The molecular weight excluding hydrogens is 554 g/mol. The second kappa shape index (κ2) is 16.4. The van der Waals surface area contributed by atoms with Gasteiger partial charge < -0.3 is 35.3 Å². The molecule has 4 N–H and O–H groups in total. The van der Waals surface area contributed by atoms with Crippen molar-refractivity contribution in [1.29, 1.82) is 0 Å². The maximum atomic E-state index is 12.8. The van der Waals surface area contributed by atoms with Crippen LogP contribution in [0.4, 0.5) is 4.79 Å². The first-order valence-corrected chi connectivity index (χ1v) is 14.6. The summed E-state index contributed by atoms with van der Waals surface area (Å²) in [5.74, 6) is -1.92. The summed E-state index contributed by atoms with van der Waals surface area (Å²) in [6, 6.07) is 15.2. The highest BCUT2D eigenvalue weighted by atomic mass is 16.6. The molecule has 2 aromatic rings. The number of fused-ring (bicyclic) bond motifs is 3. The van der Waals surface area contributed by atoms with Crippen LogP contribution < -0.4 is 16.0 Å². The molecule has 2 unspecified atom stereocenters. The van der Waals surface area contributed by atoms with E-state index in [0.29, 0.717) is 12.8 Å². The monoisotopic (exact) mass is 593 g/mol. The minimum Gasteiger partial charge on any atom is -0.462 e. The van der Waals surface area contributed by atoms with Crippen molar-refractivity contribution >= 4 is 23.9 Å². The molecule has 230 valence electrons. The van der Waals surface area contributed by atoms with E-state index in [1.54, 1.807) is 6.08 Å². The lowest BCUT2D eigenvalue weighted by Crippen LogP contribution is -2.43. The Morgan fingerprint density at radius 2 is 1.72 bits per heavy atom. The van der Waals surface area contributed by atoms with Gasteiger partial charge in [-0.3, -0.25) is 9.59 Å². The standard InChI is InChI=1S/C32H39N3O8/c36-16-19-41-17-14-33-29(37)20-22-8-2-1-3-13-28(31(39)42-18-15-34-30(22)38)35-32(40)43-21-27-25-11-6-4-9-23(25)24-10-5-7-12-26(24)27/h1-2,4-7,9-12,22,27-28,36H,3,8,13-21H2,(H,33,37)(H,34,38)(H,35,40). The van der Waals surface area contributed by atoms with Gasteiger partial charge in [-0.1, -0.05) is 60.7 Å². The van der Waals surface area contributed by atoms with Gasteiger partial charge in [0, 0.05) is 18.9 Å². The van der Waals surface area contributed by atoms with E-state index in [9.17, 15) is 19.2 Å². The molecule has 2 aromatic carbocycles. The smallest absolute Gasteiger partial charge is 0.407 e. The Kier molecular flexibility index (Phi) is 12.1. The number of ether oxygens (including phenoxy) is 3. The average Bonchev–Trinajstić information content (AvgIpc) is 3.34. The number of hydrogen-bond acceptors (Lipinski definition) is 8. The molecule has 43 heavy (non-hydrogen) atoms. The van der Waals surface area contributed by atoms with Crippen LogP contribution in [0.5, 0.6) is 0 Å². The van der Waals surface area contributed by atoms with E-state index in [2.05, 4.69) is 28.1 Å². The fourth-order valence-electron chi connectivity index (χ4n) is 5.25. The molecule has 11 nitrogen and oxygen atoms in total. The van der Waals surface area contributed by atoms with Gasteiger partial charge in [-0.15, -0.1) is 0 Å². The van der Waals surface area contributed by atoms with Crippen molar-refractivity contribution in [1.82, 2.24) is 16.0 Å². The first-order valence-electron chi connectivity index (χ1n) is 14.6. The summed E-state index contributed by atoms with van der Waals surface area (Å²) < 4.78 is 16.1. The Balaban J connectivity index is 1.29. The van der Waals surface area contributed by atoms with E-state index in [0.717, 1.165) is 22.3 Å². The maximum Gasteiger partial charge on any atom is 0.407 e. The summed E-state index contributed by atoms with van der Waals surface area (Å²) in [4.78, 5) is 50.6. The van der Waals surface area contributed by atoms with Gasteiger partial charge in [-0.2, -0.15) is 0 Å². The third-order valence-electron chi connectivity index (χ3n) is 7.38. The Morgan fingerprint density at radius 1 is 1.00 bits per heavy atom. The van der Waals surface area contributed by atoms with Crippen LogP contribution in [0.25, 0.3) is 11.1 Å². The van der Waals surface area contributed by atoms with Crippen LogP contribution in [0, 0.1) is 5.92 Å². The molecule has 2 atom stereocenters. The number of esters is 1. The van der Waals surface area contributed by atoms with E-state index >= 15 is 0 Å². The van der Waals surface area contributed by atoms with Crippen molar-refractivity contribution in [2.45, 2.75) is 37.6 Å². The summed E-state index contributed by atoms with van der Waals surface area (Å²) in [5.41, 5.74) is 4.43. The van der Waals surface area contributed by atoms with Crippen molar-refractivity contribution in [3.63, 3.8) is 0 Å². The van der Waals surface area contributed by atoms with Crippen molar-refractivity contribution < 1.29 is 38.5 Å². The van der Waals surface area contributed by atoms with E-state index in [4.69, 9.17) is 19.3 Å². The maximum absolute atomic E-state index is 12.8. The molecule has 2 aliphatic rings. The van der Waals surface area contributed by atoms with Gasteiger partial charge in [0.05, 0.1) is 32.3 Å². The Hall–Kier alpha value is -4.22. The molecule has 1 aliphatic carbocycles. The number of benzene rings is 2. The minimum atomic E-state index is -0.925. The first kappa shape index (κ1) is 31.7. The fourth-order valence-corrected chi connectivity index (χ4v) is 5.25. The number of aliphatic hydroxyl groups is 1. The molecule has 1 aliphatic heterocycles. The second-order valence-corrected chi connectivity index (χ2v) is 10.4. The normalized spacial score (nSPS) is 19.0. The number of amides is 3. The Bertz CT molecular complexity index is 1250. The average molecular weight is 594 g/mol.